The van der Waals surface area contributed by atoms with Gasteiger partial charge in [0.05, 0.1) is 35.5 Å². The zero-order valence-electron chi connectivity index (χ0n) is 22.6. The van der Waals surface area contributed by atoms with Crippen molar-refractivity contribution < 1.29 is 22.8 Å². The molecule has 0 aromatic carbocycles. The number of anilines is 3. The molecule has 218 valence electrons. The number of carbonyl (C=O) groups is 2. The summed E-state index contributed by atoms with van der Waals surface area (Å²) in [6.45, 7) is 3.63. The maximum absolute atomic E-state index is 12.8. The number of halogens is 3. The first kappa shape index (κ1) is 28.3. The molecule has 2 fully saturated rings. The summed E-state index contributed by atoms with van der Waals surface area (Å²) in [4.78, 5) is 35.9. The highest BCUT2D eigenvalue weighted by Gasteiger charge is 2.49. The minimum absolute atomic E-state index is 0.00380. The van der Waals surface area contributed by atoms with Gasteiger partial charge in [0.15, 0.2) is 5.65 Å². The normalized spacial score (nSPS) is 17.3. The molecule has 12 nitrogen and oxygen atoms in total. The number of nitrogens with one attached hydrogen (secondary N) is 1. The van der Waals surface area contributed by atoms with Gasteiger partial charge in [-0.1, -0.05) is 0 Å². The van der Waals surface area contributed by atoms with E-state index in [1.54, 1.807) is 33.9 Å². The molecule has 2 saturated heterocycles. The number of carbonyl (C=O) groups excluding carboxylic acids is 2. The van der Waals surface area contributed by atoms with Gasteiger partial charge in [0.25, 0.3) is 0 Å². The van der Waals surface area contributed by atoms with Gasteiger partial charge in [-0.25, -0.2) is 4.52 Å². The fourth-order valence-electron chi connectivity index (χ4n) is 5.24. The number of rotatable bonds is 10. The summed E-state index contributed by atoms with van der Waals surface area (Å²) in [6, 6.07) is 5.62. The molecule has 2 aliphatic heterocycles. The first-order chi connectivity index (χ1) is 19.5. The largest absolute Gasteiger partial charge is 0.389 e. The average Bonchev–Trinajstić information content (AvgIpc) is 3.51. The third-order valence-electron chi connectivity index (χ3n) is 7.59. The van der Waals surface area contributed by atoms with Gasteiger partial charge in [-0.3, -0.25) is 14.3 Å². The molecule has 0 bridgehead atoms. The molecule has 1 N–H and O–H groups in total. The first-order valence-corrected chi connectivity index (χ1v) is 13.4. The van der Waals surface area contributed by atoms with E-state index in [-0.39, 0.29) is 50.6 Å². The van der Waals surface area contributed by atoms with Crippen molar-refractivity contribution >= 4 is 34.7 Å². The van der Waals surface area contributed by atoms with Crippen LogP contribution in [0.1, 0.15) is 25.7 Å². The number of aromatic nitrogens is 5. The van der Waals surface area contributed by atoms with Crippen LogP contribution in [0, 0.1) is 16.7 Å². The summed E-state index contributed by atoms with van der Waals surface area (Å²) < 4.78 is 40.7. The average molecular weight is 573 g/mol. The maximum Gasteiger partial charge on any atom is 0.389 e. The number of hydrogen-bond donors (Lipinski definition) is 1. The van der Waals surface area contributed by atoms with Crippen LogP contribution < -0.4 is 10.2 Å². The van der Waals surface area contributed by atoms with E-state index in [9.17, 15) is 28.0 Å². The smallest absolute Gasteiger partial charge is 0.366 e. The molecular weight excluding hydrogens is 541 g/mol. The second-order valence-electron chi connectivity index (χ2n) is 10.7. The van der Waals surface area contributed by atoms with Gasteiger partial charge >= 0.3 is 6.18 Å². The van der Waals surface area contributed by atoms with Gasteiger partial charge in [0.2, 0.25) is 11.9 Å². The van der Waals surface area contributed by atoms with Crippen molar-refractivity contribution in [2.45, 2.75) is 38.4 Å². The highest BCUT2D eigenvalue weighted by Crippen LogP contribution is 2.41. The molecule has 0 atom stereocenters. The zero-order chi connectivity index (χ0) is 29.2. The molecule has 2 aliphatic rings. The van der Waals surface area contributed by atoms with Crippen LogP contribution in [0.2, 0.25) is 0 Å². The Balaban J connectivity index is 1.22. The van der Waals surface area contributed by atoms with Gasteiger partial charge in [-0.2, -0.15) is 28.5 Å². The van der Waals surface area contributed by atoms with Crippen LogP contribution in [-0.4, -0.2) is 98.4 Å². The number of fused-ring (bicyclic) bond motifs is 1. The fourth-order valence-corrected chi connectivity index (χ4v) is 5.24. The van der Waals surface area contributed by atoms with Crippen molar-refractivity contribution in [3.05, 3.63) is 30.7 Å². The van der Waals surface area contributed by atoms with E-state index in [0.717, 1.165) is 13.1 Å². The van der Waals surface area contributed by atoms with Gasteiger partial charge < -0.3 is 20.0 Å². The second-order valence-corrected chi connectivity index (χ2v) is 10.7. The van der Waals surface area contributed by atoms with E-state index in [2.05, 4.69) is 25.4 Å². The fraction of sp³-hybridized carbons (Fsp3) is 0.538. The van der Waals surface area contributed by atoms with Crippen LogP contribution in [0.4, 0.5) is 30.5 Å². The molecule has 0 aliphatic carbocycles. The van der Waals surface area contributed by atoms with Crippen molar-refractivity contribution in [1.29, 1.82) is 5.26 Å². The summed E-state index contributed by atoms with van der Waals surface area (Å²) in [5.41, 5.74) is 0.820. The minimum Gasteiger partial charge on any atom is -0.366 e. The van der Waals surface area contributed by atoms with E-state index in [4.69, 9.17) is 0 Å². The van der Waals surface area contributed by atoms with E-state index >= 15 is 0 Å². The van der Waals surface area contributed by atoms with E-state index < -0.39 is 18.0 Å². The molecule has 5 rings (SSSR count). The number of alkyl halides is 3. The Labute approximate surface area is 234 Å². The number of nitriles is 1. The van der Waals surface area contributed by atoms with Gasteiger partial charge in [0.1, 0.15) is 12.3 Å². The van der Waals surface area contributed by atoms with E-state index in [1.807, 2.05) is 29.0 Å². The van der Waals surface area contributed by atoms with Crippen molar-refractivity contribution in [3.63, 3.8) is 0 Å². The van der Waals surface area contributed by atoms with Crippen LogP contribution in [0.5, 0.6) is 0 Å². The third kappa shape index (κ3) is 6.43. The van der Waals surface area contributed by atoms with Gasteiger partial charge in [-0.15, -0.1) is 5.10 Å². The Hall–Kier alpha value is -4.19. The quantitative estimate of drug-likeness (QED) is 0.390. The Morgan fingerprint density at radius 1 is 1.20 bits per heavy atom. The summed E-state index contributed by atoms with van der Waals surface area (Å²) >= 11 is 0. The summed E-state index contributed by atoms with van der Waals surface area (Å²) in [5.74, 6) is -0.0167. The standard InChI is InChI=1S/C26H31F3N10O2/c1-35-10-12-36(13-11-35)22(41)16-38-15-19(14-31-38)32-24-33-23-20(4-3-9-39(23)34-24)37-17-25(18-37,7-8-30)21(40)5-2-6-26(27,28)29/h3-4,9,14-15H,2,5-7,10-13,16-18H2,1H3,(H,32,34). The number of piperazine rings is 1. The molecule has 41 heavy (non-hydrogen) atoms. The number of amides is 1. The molecule has 0 unspecified atom stereocenters. The molecule has 15 heteroatoms. The lowest BCUT2D eigenvalue weighted by Gasteiger charge is -2.49. The number of ketones is 1. The number of likely N-dealkylation sites (N-methyl/N-ethyl adjacent to an activating group) is 1. The SMILES string of the molecule is CN1CCN(C(=O)Cn2cc(Nc3nc4c(N5CC(CC#N)(C(=O)CCCC(F)(F)F)C5)cccn4n3)cn2)CC1. The summed E-state index contributed by atoms with van der Waals surface area (Å²) in [7, 11) is 2.03. The Bertz CT molecular complexity index is 1450. The summed E-state index contributed by atoms with van der Waals surface area (Å²) in [6.07, 6.45) is -0.887. The Kier molecular flexibility index (Phi) is 7.85. The van der Waals surface area contributed by atoms with Crippen molar-refractivity contribution in [2.75, 3.05) is 56.5 Å². The van der Waals surface area contributed by atoms with E-state index in [0.29, 0.717) is 36.1 Å². The van der Waals surface area contributed by atoms with Crippen LogP contribution in [-0.2, 0) is 16.1 Å². The Morgan fingerprint density at radius 3 is 2.66 bits per heavy atom. The van der Waals surface area contributed by atoms with Crippen LogP contribution in [0.3, 0.4) is 0 Å². The Morgan fingerprint density at radius 2 is 1.95 bits per heavy atom. The van der Waals surface area contributed by atoms with Crippen molar-refractivity contribution in [2.24, 2.45) is 5.41 Å². The lowest BCUT2D eigenvalue weighted by Crippen LogP contribution is -2.60. The number of hydrogen-bond acceptors (Lipinski definition) is 9. The predicted molar refractivity (Wildman–Crippen MR) is 142 cm³/mol. The molecule has 1 amide bonds. The highest BCUT2D eigenvalue weighted by atomic mass is 19.4. The van der Waals surface area contributed by atoms with Crippen LogP contribution in [0.15, 0.2) is 30.7 Å². The van der Waals surface area contributed by atoms with Crippen molar-refractivity contribution in [3.8, 4) is 6.07 Å². The molecule has 5 heterocycles. The number of nitrogens with zero attached hydrogens (tertiary/aromatic N) is 9. The molecule has 0 radical (unpaired) electrons. The van der Waals surface area contributed by atoms with Gasteiger partial charge in [0, 0.05) is 64.5 Å². The zero-order valence-corrected chi connectivity index (χ0v) is 22.6. The van der Waals surface area contributed by atoms with Gasteiger partial charge in [-0.05, 0) is 25.6 Å². The monoisotopic (exact) mass is 572 g/mol. The maximum atomic E-state index is 12.8. The third-order valence-corrected chi connectivity index (χ3v) is 7.59. The lowest BCUT2D eigenvalue weighted by molar-refractivity contribution is -0.139. The number of Topliss-reactive ketones (excluding diaryl/α,β-unsaturated/α-hetero) is 1. The molecule has 0 spiro atoms. The highest BCUT2D eigenvalue weighted by molar-refractivity contribution is 5.89. The molecular formula is C26H31F3N10O2. The predicted octanol–water partition coefficient (Wildman–Crippen LogP) is 2.47. The van der Waals surface area contributed by atoms with Crippen molar-refractivity contribution in [1.82, 2.24) is 34.2 Å². The van der Waals surface area contributed by atoms with E-state index in [1.165, 1.54) is 0 Å². The minimum atomic E-state index is -4.32. The summed E-state index contributed by atoms with van der Waals surface area (Å²) in [5, 5.41) is 21.1. The van der Waals surface area contributed by atoms with Crippen LogP contribution in [0.25, 0.3) is 5.65 Å². The first-order valence-electron chi connectivity index (χ1n) is 13.4. The second kappa shape index (κ2) is 11.4. The molecule has 3 aromatic rings. The molecule has 0 saturated carbocycles. The topological polar surface area (TPSA) is 128 Å². The number of pyridine rings is 1. The molecule has 3 aromatic heterocycles. The van der Waals surface area contributed by atoms with Crippen LogP contribution >= 0.6 is 0 Å². The lowest BCUT2D eigenvalue weighted by atomic mass is 9.72.